The third kappa shape index (κ3) is 4.71. The fraction of sp³-hybridized carbons (Fsp3) is 0.304. The van der Waals surface area contributed by atoms with Crippen LogP contribution in [0.5, 0.6) is 0 Å². The standard InChI is InChI=1S/C23H23Br2NO3/c1-13(27)20-19(26-18-10-8-17(25)9-11-18)12-23(3,29)22(14(2)28)21(20)15-4-6-16(24)7-5-15/h4-11,21-22,26,29H,12H2,1-3H3/t21-,22+,23+/m0/s1. The van der Waals surface area contributed by atoms with E-state index in [0.717, 1.165) is 20.2 Å². The number of allylic oxidation sites excluding steroid dienone is 1. The maximum atomic E-state index is 12.8. The van der Waals surface area contributed by atoms with Crippen LogP contribution in [0.4, 0.5) is 5.69 Å². The molecule has 6 heteroatoms. The normalized spacial score (nSPS) is 24.3. The van der Waals surface area contributed by atoms with Crippen LogP contribution in [0.15, 0.2) is 68.7 Å². The summed E-state index contributed by atoms with van der Waals surface area (Å²) in [7, 11) is 0. The van der Waals surface area contributed by atoms with Gasteiger partial charge in [-0.3, -0.25) is 9.59 Å². The quantitative estimate of drug-likeness (QED) is 0.537. The van der Waals surface area contributed by atoms with Crippen molar-refractivity contribution in [2.45, 2.75) is 38.7 Å². The first-order valence-corrected chi connectivity index (χ1v) is 10.9. The van der Waals surface area contributed by atoms with E-state index in [4.69, 9.17) is 0 Å². The molecule has 0 spiro atoms. The molecule has 3 atom stereocenters. The second-order valence-electron chi connectivity index (χ2n) is 7.73. The van der Waals surface area contributed by atoms with Gasteiger partial charge in [0.25, 0.3) is 0 Å². The second-order valence-corrected chi connectivity index (χ2v) is 9.56. The molecule has 2 N–H and O–H groups in total. The van der Waals surface area contributed by atoms with Gasteiger partial charge in [-0.1, -0.05) is 44.0 Å². The summed E-state index contributed by atoms with van der Waals surface area (Å²) in [6.07, 6.45) is 0.190. The minimum absolute atomic E-state index is 0.112. The van der Waals surface area contributed by atoms with Gasteiger partial charge < -0.3 is 10.4 Å². The van der Waals surface area contributed by atoms with Gasteiger partial charge in [-0.25, -0.2) is 0 Å². The fourth-order valence-electron chi connectivity index (χ4n) is 4.23. The molecule has 3 rings (SSSR count). The summed E-state index contributed by atoms with van der Waals surface area (Å²) in [6.45, 7) is 4.67. The van der Waals surface area contributed by atoms with Crippen molar-refractivity contribution in [2.24, 2.45) is 5.92 Å². The van der Waals surface area contributed by atoms with Gasteiger partial charge in [-0.2, -0.15) is 0 Å². The number of nitrogens with one attached hydrogen (secondary N) is 1. The van der Waals surface area contributed by atoms with Gasteiger partial charge in [0.1, 0.15) is 5.78 Å². The van der Waals surface area contributed by atoms with Crippen LogP contribution in [-0.2, 0) is 9.59 Å². The van der Waals surface area contributed by atoms with Gasteiger partial charge in [0.15, 0.2) is 5.78 Å². The zero-order chi connectivity index (χ0) is 21.3. The number of anilines is 1. The van der Waals surface area contributed by atoms with Gasteiger partial charge in [-0.15, -0.1) is 0 Å². The number of carbonyl (C=O) groups is 2. The molecule has 0 amide bonds. The molecule has 0 fully saturated rings. The number of ketones is 2. The van der Waals surface area contributed by atoms with E-state index in [-0.39, 0.29) is 18.0 Å². The highest BCUT2D eigenvalue weighted by Crippen LogP contribution is 2.47. The Morgan fingerprint density at radius 1 is 1.00 bits per heavy atom. The molecular weight excluding hydrogens is 498 g/mol. The molecule has 0 bridgehead atoms. The predicted octanol–water partition coefficient (Wildman–Crippen LogP) is 5.61. The lowest BCUT2D eigenvalue weighted by molar-refractivity contribution is -0.131. The van der Waals surface area contributed by atoms with Crippen molar-refractivity contribution in [3.8, 4) is 0 Å². The van der Waals surface area contributed by atoms with Crippen molar-refractivity contribution < 1.29 is 14.7 Å². The minimum Gasteiger partial charge on any atom is -0.389 e. The van der Waals surface area contributed by atoms with Crippen molar-refractivity contribution in [1.82, 2.24) is 0 Å². The molecule has 0 saturated heterocycles. The van der Waals surface area contributed by atoms with Crippen LogP contribution in [0.25, 0.3) is 0 Å². The Bertz CT molecular complexity index is 963. The SMILES string of the molecule is CC(=O)C1=C(Nc2ccc(Br)cc2)C[C@@](C)(O)[C@H](C(C)=O)[C@H]1c1ccc(Br)cc1. The van der Waals surface area contributed by atoms with Crippen LogP contribution in [-0.4, -0.2) is 22.3 Å². The summed E-state index contributed by atoms with van der Waals surface area (Å²) in [4.78, 5) is 25.4. The smallest absolute Gasteiger partial charge is 0.158 e. The molecule has 29 heavy (non-hydrogen) atoms. The summed E-state index contributed by atoms with van der Waals surface area (Å²) in [5.41, 5.74) is 1.54. The van der Waals surface area contributed by atoms with E-state index in [2.05, 4.69) is 37.2 Å². The number of halogens is 2. The third-order valence-electron chi connectivity index (χ3n) is 5.36. The Morgan fingerprint density at radius 2 is 1.52 bits per heavy atom. The zero-order valence-corrected chi connectivity index (χ0v) is 19.7. The topological polar surface area (TPSA) is 66.4 Å². The Labute approximate surface area is 187 Å². The summed E-state index contributed by atoms with van der Waals surface area (Å²) in [6, 6.07) is 15.2. The molecule has 0 aromatic heterocycles. The van der Waals surface area contributed by atoms with Crippen LogP contribution < -0.4 is 5.32 Å². The highest BCUT2D eigenvalue weighted by Gasteiger charge is 2.49. The number of hydrogen-bond donors (Lipinski definition) is 2. The predicted molar refractivity (Wildman–Crippen MR) is 122 cm³/mol. The largest absolute Gasteiger partial charge is 0.389 e. The van der Waals surface area contributed by atoms with Crippen molar-refractivity contribution in [3.63, 3.8) is 0 Å². The van der Waals surface area contributed by atoms with Crippen LogP contribution in [0, 0.1) is 5.92 Å². The van der Waals surface area contributed by atoms with Crippen LogP contribution >= 0.6 is 31.9 Å². The molecule has 0 saturated carbocycles. The average molecular weight is 521 g/mol. The summed E-state index contributed by atoms with van der Waals surface area (Å²) >= 11 is 6.85. The van der Waals surface area contributed by atoms with Crippen molar-refractivity contribution in [3.05, 3.63) is 74.3 Å². The maximum Gasteiger partial charge on any atom is 0.158 e. The number of benzene rings is 2. The minimum atomic E-state index is -1.29. The van der Waals surface area contributed by atoms with Crippen LogP contribution in [0.2, 0.25) is 0 Å². The first-order valence-electron chi connectivity index (χ1n) is 9.35. The van der Waals surface area contributed by atoms with E-state index in [1.54, 1.807) is 6.92 Å². The maximum absolute atomic E-state index is 12.8. The fourth-order valence-corrected chi connectivity index (χ4v) is 4.76. The molecule has 1 aliphatic rings. The molecular formula is C23H23Br2NO3. The second kappa shape index (κ2) is 8.54. The van der Waals surface area contributed by atoms with Gasteiger partial charge in [0.05, 0.1) is 11.5 Å². The third-order valence-corrected chi connectivity index (χ3v) is 6.42. The van der Waals surface area contributed by atoms with Crippen molar-refractivity contribution in [1.29, 1.82) is 0 Å². The van der Waals surface area contributed by atoms with Gasteiger partial charge >= 0.3 is 0 Å². The lowest BCUT2D eigenvalue weighted by Crippen LogP contribution is -2.48. The number of hydrogen-bond acceptors (Lipinski definition) is 4. The molecule has 0 heterocycles. The van der Waals surface area contributed by atoms with E-state index >= 15 is 0 Å². The Kier molecular flexibility index (Phi) is 6.46. The zero-order valence-electron chi connectivity index (χ0n) is 16.5. The molecule has 1 aliphatic carbocycles. The number of carbonyl (C=O) groups excluding carboxylic acids is 2. The lowest BCUT2D eigenvalue weighted by Gasteiger charge is -2.43. The molecule has 2 aromatic rings. The van der Waals surface area contributed by atoms with E-state index in [1.807, 2.05) is 48.5 Å². The Balaban J connectivity index is 2.19. The van der Waals surface area contributed by atoms with Gasteiger partial charge in [0.2, 0.25) is 0 Å². The van der Waals surface area contributed by atoms with Crippen LogP contribution in [0.3, 0.4) is 0 Å². The van der Waals surface area contributed by atoms with E-state index < -0.39 is 17.4 Å². The molecule has 0 aliphatic heterocycles. The monoisotopic (exact) mass is 519 g/mol. The molecule has 4 nitrogen and oxygen atoms in total. The number of rotatable bonds is 5. The summed E-state index contributed by atoms with van der Waals surface area (Å²) in [5, 5.41) is 14.6. The average Bonchev–Trinajstić information content (AvgIpc) is 2.62. The van der Waals surface area contributed by atoms with Crippen LogP contribution in [0.1, 0.15) is 38.7 Å². The molecule has 2 aromatic carbocycles. The van der Waals surface area contributed by atoms with E-state index in [9.17, 15) is 14.7 Å². The Morgan fingerprint density at radius 3 is 2.00 bits per heavy atom. The molecule has 0 unspecified atom stereocenters. The molecule has 0 radical (unpaired) electrons. The van der Waals surface area contributed by atoms with Gasteiger partial charge in [0, 0.05) is 38.2 Å². The van der Waals surface area contributed by atoms with Crippen molar-refractivity contribution >= 4 is 49.1 Å². The molecule has 152 valence electrons. The first-order chi connectivity index (χ1) is 13.6. The van der Waals surface area contributed by atoms with E-state index in [0.29, 0.717) is 11.3 Å². The summed E-state index contributed by atoms with van der Waals surface area (Å²) < 4.78 is 1.86. The van der Waals surface area contributed by atoms with Crippen molar-refractivity contribution in [2.75, 3.05) is 5.32 Å². The Hall–Kier alpha value is -1.76. The first kappa shape index (κ1) is 21.9. The number of aliphatic hydroxyl groups is 1. The number of Topliss-reactive ketones (excluding diaryl/α,β-unsaturated/α-hetero) is 2. The lowest BCUT2D eigenvalue weighted by atomic mass is 9.64. The highest BCUT2D eigenvalue weighted by molar-refractivity contribution is 9.10. The summed E-state index contributed by atoms with van der Waals surface area (Å²) in [5.74, 6) is -1.48. The highest BCUT2D eigenvalue weighted by atomic mass is 79.9. The van der Waals surface area contributed by atoms with Gasteiger partial charge in [-0.05, 0) is 62.7 Å². The van der Waals surface area contributed by atoms with E-state index in [1.165, 1.54) is 13.8 Å².